The molecule has 3 aromatic rings. The number of hydrogen-bond acceptors (Lipinski definition) is 7. The van der Waals surface area contributed by atoms with E-state index in [9.17, 15) is 4.79 Å². The fourth-order valence-electron chi connectivity index (χ4n) is 3.86. The highest BCUT2D eigenvalue weighted by molar-refractivity contribution is 5.96. The number of piperazine rings is 1. The molecule has 3 heterocycles. The summed E-state index contributed by atoms with van der Waals surface area (Å²) in [6.07, 6.45) is 2.92. The molecule has 0 radical (unpaired) electrons. The molecule has 8 heteroatoms. The van der Waals surface area contributed by atoms with Gasteiger partial charge in [0.25, 0.3) is 5.91 Å². The molecule has 4 N–H and O–H groups in total. The minimum absolute atomic E-state index is 0.118. The molecule has 2 aromatic heterocycles. The van der Waals surface area contributed by atoms with Gasteiger partial charge >= 0.3 is 0 Å². The van der Waals surface area contributed by atoms with Gasteiger partial charge in [-0.15, -0.1) is 0 Å². The summed E-state index contributed by atoms with van der Waals surface area (Å²) >= 11 is 0. The number of aryl methyl sites for hydroxylation is 1. The van der Waals surface area contributed by atoms with Crippen molar-refractivity contribution in [1.82, 2.24) is 25.6 Å². The van der Waals surface area contributed by atoms with Crippen molar-refractivity contribution in [3.63, 3.8) is 0 Å². The van der Waals surface area contributed by atoms with Gasteiger partial charge in [-0.25, -0.2) is 15.0 Å². The molecule has 0 spiro atoms. The number of benzene rings is 1. The van der Waals surface area contributed by atoms with Gasteiger partial charge in [-0.2, -0.15) is 0 Å². The second kappa shape index (κ2) is 8.23. The SMILES string of the molecule is Cc1cccc2cc(CNC(=O)c3nccnc3N)c(N3CC(C)NCC3C)nc12. The van der Waals surface area contributed by atoms with Crippen molar-refractivity contribution in [3.05, 3.63) is 53.5 Å². The maximum absolute atomic E-state index is 12.6. The van der Waals surface area contributed by atoms with Crippen LogP contribution >= 0.6 is 0 Å². The zero-order valence-electron chi connectivity index (χ0n) is 17.5. The van der Waals surface area contributed by atoms with E-state index < -0.39 is 0 Å². The van der Waals surface area contributed by atoms with Gasteiger partial charge in [-0.3, -0.25) is 4.79 Å². The minimum Gasteiger partial charge on any atom is -0.382 e. The summed E-state index contributed by atoms with van der Waals surface area (Å²) in [6.45, 7) is 8.49. The summed E-state index contributed by atoms with van der Waals surface area (Å²) in [7, 11) is 0. The highest BCUT2D eigenvalue weighted by Gasteiger charge is 2.26. The van der Waals surface area contributed by atoms with E-state index in [1.165, 1.54) is 12.4 Å². The van der Waals surface area contributed by atoms with Crippen molar-refractivity contribution < 1.29 is 4.79 Å². The van der Waals surface area contributed by atoms with Crippen molar-refractivity contribution in [3.8, 4) is 0 Å². The van der Waals surface area contributed by atoms with Crippen LogP contribution < -0.4 is 21.3 Å². The molecule has 30 heavy (non-hydrogen) atoms. The average Bonchev–Trinajstić information content (AvgIpc) is 2.74. The maximum Gasteiger partial charge on any atom is 0.273 e. The quantitative estimate of drug-likeness (QED) is 0.609. The third kappa shape index (κ3) is 3.91. The van der Waals surface area contributed by atoms with Crippen LogP contribution in [0.15, 0.2) is 36.7 Å². The molecule has 8 nitrogen and oxygen atoms in total. The highest BCUT2D eigenvalue weighted by Crippen LogP contribution is 2.28. The largest absolute Gasteiger partial charge is 0.382 e. The van der Waals surface area contributed by atoms with Gasteiger partial charge in [0.05, 0.1) is 5.52 Å². The molecule has 156 valence electrons. The Kier molecular flexibility index (Phi) is 5.50. The van der Waals surface area contributed by atoms with E-state index in [-0.39, 0.29) is 17.4 Å². The van der Waals surface area contributed by atoms with E-state index >= 15 is 0 Å². The summed E-state index contributed by atoms with van der Waals surface area (Å²) in [5.74, 6) is 0.676. The lowest BCUT2D eigenvalue weighted by molar-refractivity contribution is 0.0946. The molecule has 1 aliphatic rings. The standard InChI is InChI=1S/C22H27N7O/c1-13-5-4-6-16-9-17(11-27-22(30)19-20(23)25-8-7-24-19)21(28-18(13)16)29-12-14(2)26-10-15(29)3/h4-9,14-15,26H,10-12H2,1-3H3,(H2,23,25)(H,27,30). The summed E-state index contributed by atoms with van der Waals surface area (Å²) in [6, 6.07) is 8.91. The van der Waals surface area contributed by atoms with E-state index in [0.717, 1.165) is 40.9 Å². The van der Waals surface area contributed by atoms with Crippen molar-refractivity contribution in [2.75, 3.05) is 23.7 Å². The topological polar surface area (TPSA) is 109 Å². The van der Waals surface area contributed by atoms with Crippen LogP contribution in [-0.4, -0.2) is 46.0 Å². The Morgan fingerprint density at radius 2 is 2.10 bits per heavy atom. The molecule has 4 rings (SSSR count). The number of amides is 1. The van der Waals surface area contributed by atoms with Crippen molar-refractivity contribution >= 4 is 28.4 Å². The fourth-order valence-corrected chi connectivity index (χ4v) is 3.86. The second-order valence-electron chi connectivity index (χ2n) is 7.90. The predicted octanol–water partition coefficient (Wildman–Crippen LogP) is 2.03. The molecule has 1 amide bonds. The number of nitrogens with one attached hydrogen (secondary N) is 2. The third-order valence-electron chi connectivity index (χ3n) is 5.52. The highest BCUT2D eigenvalue weighted by atomic mass is 16.1. The van der Waals surface area contributed by atoms with Gasteiger partial charge in [0.1, 0.15) is 5.82 Å². The molecule has 0 bridgehead atoms. The van der Waals surface area contributed by atoms with E-state index in [1.54, 1.807) is 0 Å². The zero-order valence-corrected chi connectivity index (χ0v) is 17.5. The molecule has 1 aliphatic heterocycles. The Labute approximate surface area is 175 Å². The average molecular weight is 406 g/mol. The first-order chi connectivity index (χ1) is 14.4. The first kappa shape index (κ1) is 20.0. The van der Waals surface area contributed by atoms with Crippen molar-refractivity contribution in [2.45, 2.75) is 39.4 Å². The van der Waals surface area contributed by atoms with Gasteiger partial charge in [0, 0.05) is 55.1 Å². The molecule has 1 fully saturated rings. The lowest BCUT2D eigenvalue weighted by Gasteiger charge is -2.39. The number of anilines is 2. The van der Waals surface area contributed by atoms with Gasteiger partial charge in [-0.1, -0.05) is 18.2 Å². The van der Waals surface area contributed by atoms with E-state index in [0.29, 0.717) is 18.6 Å². The van der Waals surface area contributed by atoms with Gasteiger partial charge in [-0.05, 0) is 32.4 Å². The Balaban J connectivity index is 1.70. The smallest absolute Gasteiger partial charge is 0.273 e. The Morgan fingerprint density at radius 3 is 2.90 bits per heavy atom. The number of nitrogen functional groups attached to an aromatic ring is 1. The van der Waals surface area contributed by atoms with Crippen molar-refractivity contribution in [2.24, 2.45) is 0 Å². The number of fused-ring (bicyclic) bond motifs is 1. The minimum atomic E-state index is -0.349. The number of carbonyl (C=O) groups is 1. The van der Waals surface area contributed by atoms with Crippen LogP contribution in [0.25, 0.3) is 10.9 Å². The number of pyridine rings is 1. The lowest BCUT2D eigenvalue weighted by atomic mass is 10.1. The first-order valence-electron chi connectivity index (χ1n) is 10.2. The summed E-state index contributed by atoms with van der Waals surface area (Å²) in [4.78, 5) is 28.0. The van der Waals surface area contributed by atoms with E-state index in [4.69, 9.17) is 10.7 Å². The van der Waals surface area contributed by atoms with Crippen molar-refractivity contribution in [1.29, 1.82) is 0 Å². The van der Waals surface area contributed by atoms with Crippen LogP contribution in [0.2, 0.25) is 0 Å². The first-order valence-corrected chi connectivity index (χ1v) is 10.2. The monoisotopic (exact) mass is 405 g/mol. The number of nitrogens with zero attached hydrogens (tertiary/aromatic N) is 4. The predicted molar refractivity (Wildman–Crippen MR) is 118 cm³/mol. The molecular formula is C22H27N7O. The third-order valence-corrected chi connectivity index (χ3v) is 5.52. The molecule has 2 atom stereocenters. The van der Waals surface area contributed by atoms with E-state index in [1.807, 2.05) is 6.07 Å². The maximum atomic E-state index is 12.6. The molecule has 0 saturated carbocycles. The molecule has 1 aromatic carbocycles. The summed E-state index contributed by atoms with van der Waals surface area (Å²) in [5.41, 5.74) is 9.01. The van der Waals surface area contributed by atoms with Gasteiger partial charge in [0.15, 0.2) is 11.5 Å². The number of para-hydroxylation sites is 1. The molecule has 0 aliphatic carbocycles. The number of nitrogens with two attached hydrogens (primary N) is 1. The number of rotatable bonds is 4. The van der Waals surface area contributed by atoms with Gasteiger partial charge < -0.3 is 21.3 Å². The number of carbonyl (C=O) groups excluding carboxylic acids is 1. The summed E-state index contributed by atoms with van der Waals surface area (Å²) in [5, 5.41) is 7.50. The second-order valence-corrected chi connectivity index (χ2v) is 7.90. The Hall–Kier alpha value is -3.26. The molecule has 1 saturated heterocycles. The Morgan fingerprint density at radius 1 is 1.30 bits per heavy atom. The Bertz CT molecular complexity index is 1080. The molecular weight excluding hydrogens is 378 g/mol. The van der Waals surface area contributed by atoms with Crippen LogP contribution in [0.5, 0.6) is 0 Å². The number of aromatic nitrogens is 3. The van der Waals surface area contributed by atoms with E-state index in [2.05, 4.69) is 64.5 Å². The number of hydrogen-bond donors (Lipinski definition) is 3. The summed E-state index contributed by atoms with van der Waals surface area (Å²) < 4.78 is 0. The molecule has 2 unspecified atom stereocenters. The fraction of sp³-hybridized carbons (Fsp3) is 0.364. The lowest BCUT2D eigenvalue weighted by Crippen LogP contribution is -2.55. The zero-order chi connectivity index (χ0) is 21.3. The van der Waals surface area contributed by atoms with Crippen LogP contribution in [-0.2, 0) is 6.54 Å². The van der Waals surface area contributed by atoms with Crippen LogP contribution in [0.4, 0.5) is 11.6 Å². The van der Waals surface area contributed by atoms with Crippen LogP contribution in [0.3, 0.4) is 0 Å². The van der Waals surface area contributed by atoms with Gasteiger partial charge in [0.2, 0.25) is 0 Å². The normalized spacial score (nSPS) is 19.1. The van der Waals surface area contributed by atoms with Crippen LogP contribution in [0, 0.1) is 6.92 Å². The van der Waals surface area contributed by atoms with Crippen LogP contribution in [0.1, 0.15) is 35.5 Å².